The number of aliphatic carboxylic acids is 1. The van der Waals surface area contributed by atoms with Crippen LogP contribution in [-0.4, -0.2) is 17.6 Å². The predicted octanol–water partition coefficient (Wildman–Crippen LogP) is 1.77. The quantitative estimate of drug-likeness (QED) is 0.793. The molecule has 1 aromatic carbocycles. The first-order chi connectivity index (χ1) is 7.69. The van der Waals surface area contributed by atoms with E-state index in [1.165, 1.54) is 0 Å². The second-order valence-corrected chi connectivity index (χ2v) is 4.60. The summed E-state index contributed by atoms with van der Waals surface area (Å²) in [6, 6.07) is 9.36. The van der Waals surface area contributed by atoms with E-state index in [1.54, 1.807) is 0 Å². The molecule has 0 saturated heterocycles. The van der Waals surface area contributed by atoms with Crippen molar-refractivity contribution in [2.45, 2.75) is 24.7 Å². The van der Waals surface area contributed by atoms with Crippen LogP contribution >= 0.6 is 0 Å². The summed E-state index contributed by atoms with van der Waals surface area (Å²) in [6.07, 6.45) is 2.95. The molecule has 1 aromatic rings. The van der Waals surface area contributed by atoms with Crippen molar-refractivity contribution in [2.24, 2.45) is 11.7 Å². The summed E-state index contributed by atoms with van der Waals surface area (Å²) < 4.78 is 0. The Morgan fingerprint density at radius 3 is 2.44 bits per heavy atom. The van der Waals surface area contributed by atoms with Crippen LogP contribution in [0.3, 0.4) is 0 Å². The maximum Gasteiger partial charge on any atom is 0.315 e. The molecule has 1 fully saturated rings. The van der Waals surface area contributed by atoms with Crippen LogP contribution in [0.25, 0.3) is 0 Å². The molecule has 0 spiro atoms. The third-order valence-corrected chi connectivity index (χ3v) is 3.42. The van der Waals surface area contributed by atoms with Crippen molar-refractivity contribution in [1.82, 2.24) is 0 Å². The number of carbonyl (C=O) groups is 1. The fourth-order valence-corrected chi connectivity index (χ4v) is 2.19. The zero-order valence-electron chi connectivity index (χ0n) is 9.23. The lowest BCUT2D eigenvalue weighted by atomic mass is 9.76. The van der Waals surface area contributed by atoms with Crippen molar-refractivity contribution >= 4 is 5.97 Å². The Balaban J connectivity index is 2.35. The summed E-state index contributed by atoms with van der Waals surface area (Å²) in [4.78, 5) is 11.5. The van der Waals surface area contributed by atoms with Gasteiger partial charge in [-0.1, -0.05) is 43.2 Å². The van der Waals surface area contributed by atoms with E-state index in [-0.39, 0.29) is 6.54 Å². The van der Waals surface area contributed by atoms with Crippen molar-refractivity contribution < 1.29 is 9.90 Å². The summed E-state index contributed by atoms with van der Waals surface area (Å²) in [5.41, 5.74) is 5.68. The van der Waals surface area contributed by atoms with E-state index in [0.29, 0.717) is 12.3 Å². The third kappa shape index (κ3) is 1.95. The highest BCUT2D eigenvalue weighted by Gasteiger charge is 2.43. The molecule has 3 nitrogen and oxygen atoms in total. The summed E-state index contributed by atoms with van der Waals surface area (Å²) >= 11 is 0. The van der Waals surface area contributed by atoms with Gasteiger partial charge in [0.2, 0.25) is 0 Å². The van der Waals surface area contributed by atoms with Gasteiger partial charge in [-0.05, 0) is 17.9 Å². The largest absolute Gasteiger partial charge is 0.481 e. The van der Waals surface area contributed by atoms with Crippen molar-refractivity contribution in [2.75, 3.05) is 6.54 Å². The minimum absolute atomic E-state index is 0.169. The van der Waals surface area contributed by atoms with Crippen LogP contribution in [0.2, 0.25) is 0 Å². The monoisotopic (exact) mass is 219 g/mol. The second kappa shape index (κ2) is 4.26. The van der Waals surface area contributed by atoms with Gasteiger partial charge in [-0.2, -0.15) is 0 Å². The molecule has 1 atom stereocenters. The number of nitrogens with two attached hydrogens (primary N) is 1. The van der Waals surface area contributed by atoms with Crippen molar-refractivity contribution in [3.05, 3.63) is 35.9 Å². The average Bonchev–Trinajstić information content (AvgIpc) is 3.10. The minimum atomic E-state index is -0.886. The van der Waals surface area contributed by atoms with Crippen LogP contribution in [0.15, 0.2) is 30.3 Å². The Bertz CT molecular complexity index is 373. The van der Waals surface area contributed by atoms with Crippen molar-refractivity contribution in [1.29, 1.82) is 0 Å². The van der Waals surface area contributed by atoms with Crippen molar-refractivity contribution in [3.8, 4) is 0 Å². The lowest BCUT2D eigenvalue weighted by Crippen LogP contribution is -2.43. The number of hydrogen-bond acceptors (Lipinski definition) is 2. The lowest BCUT2D eigenvalue weighted by molar-refractivity contribution is -0.144. The van der Waals surface area contributed by atoms with E-state index in [9.17, 15) is 9.90 Å². The molecule has 16 heavy (non-hydrogen) atoms. The third-order valence-electron chi connectivity index (χ3n) is 3.42. The molecule has 0 radical (unpaired) electrons. The van der Waals surface area contributed by atoms with Gasteiger partial charge >= 0.3 is 5.97 Å². The Hall–Kier alpha value is -1.35. The Labute approximate surface area is 95.3 Å². The maximum absolute atomic E-state index is 11.5. The molecule has 0 amide bonds. The molecule has 0 aliphatic heterocycles. The first-order valence-corrected chi connectivity index (χ1v) is 5.68. The highest BCUT2D eigenvalue weighted by atomic mass is 16.4. The molecule has 1 unspecified atom stereocenters. The van der Waals surface area contributed by atoms with Gasteiger partial charge < -0.3 is 10.8 Å². The van der Waals surface area contributed by atoms with E-state index in [4.69, 9.17) is 5.73 Å². The summed E-state index contributed by atoms with van der Waals surface area (Å²) in [6.45, 7) is 0.169. The maximum atomic E-state index is 11.5. The fourth-order valence-electron chi connectivity index (χ4n) is 2.19. The number of hydrogen-bond donors (Lipinski definition) is 2. The van der Waals surface area contributed by atoms with E-state index in [2.05, 4.69) is 0 Å². The molecule has 0 aromatic heterocycles. The summed E-state index contributed by atoms with van der Waals surface area (Å²) in [7, 11) is 0. The zero-order chi connectivity index (χ0) is 11.6. The molecule has 3 heteroatoms. The Morgan fingerprint density at radius 2 is 2.00 bits per heavy atom. The van der Waals surface area contributed by atoms with Crippen LogP contribution in [0.4, 0.5) is 0 Å². The molecule has 1 aliphatic rings. The van der Waals surface area contributed by atoms with Gasteiger partial charge in [0.1, 0.15) is 5.41 Å². The van der Waals surface area contributed by atoms with Crippen LogP contribution in [0.1, 0.15) is 24.8 Å². The molecule has 3 N–H and O–H groups in total. The molecule has 0 heterocycles. The van der Waals surface area contributed by atoms with E-state index >= 15 is 0 Å². The number of carboxylic acids is 1. The van der Waals surface area contributed by atoms with E-state index in [1.807, 2.05) is 30.3 Å². The molecule has 1 saturated carbocycles. The van der Waals surface area contributed by atoms with E-state index in [0.717, 1.165) is 18.4 Å². The SMILES string of the molecule is NCC(CC1CC1)(C(=O)O)c1ccccc1. The average molecular weight is 219 g/mol. The van der Waals surface area contributed by atoms with E-state index < -0.39 is 11.4 Å². The second-order valence-electron chi connectivity index (χ2n) is 4.60. The van der Waals surface area contributed by atoms with Gasteiger partial charge in [-0.3, -0.25) is 4.79 Å². The highest BCUT2D eigenvalue weighted by molar-refractivity contribution is 5.81. The molecule has 2 rings (SSSR count). The summed E-state index contributed by atoms with van der Waals surface area (Å²) in [5.74, 6) is -0.257. The van der Waals surface area contributed by atoms with Crippen LogP contribution in [-0.2, 0) is 10.2 Å². The Kier molecular flexibility index (Phi) is 2.97. The standard InChI is InChI=1S/C13H17NO2/c14-9-13(12(15)16,8-10-6-7-10)11-4-2-1-3-5-11/h1-5,10H,6-9,14H2,(H,15,16). The first kappa shape index (κ1) is 11.1. The number of carboxylic acid groups (broad SMARTS) is 1. The smallest absolute Gasteiger partial charge is 0.315 e. The lowest BCUT2D eigenvalue weighted by Gasteiger charge is -2.28. The van der Waals surface area contributed by atoms with Gasteiger partial charge in [-0.15, -0.1) is 0 Å². The Morgan fingerprint density at radius 1 is 1.38 bits per heavy atom. The molecule has 1 aliphatic carbocycles. The minimum Gasteiger partial charge on any atom is -0.481 e. The predicted molar refractivity (Wildman–Crippen MR) is 62.2 cm³/mol. The van der Waals surface area contributed by atoms with Gasteiger partial charge in [0.05, 0.1) is 0 Å². The van der Waals surface area contributed by atoms with Crippen LogP contribution < -0.4 is 5.73 Å². The summed E-state index contributed by atoms with van der Waals surface area (Å²) in [5, 5.41) is 9.47. The zero-order valence-corrected chi connectivity index (χ0v) is 9.23. The molecule has 0 bridgehead atoms. The number of rotatable bonds is 5. The van der Waals surface area contributed by atoms with Gasteiger partial charge in [-0.25, -0.2) is 0 Å². The molecule has 86 valence electrons. The molecular weight excluding hydrogens is 202 g/mol. The van der Waals surface area contributed by atoms with Gasteiger partial charge in [0, 0.05) is 6.54 Å². The normalized spacial score (nSPS) is 19.1. The fraction of sp³-hybridized carbons (Fsp3) is 0.462. The van der Waals surface area contributed by atoms with Gasteiger partial charge in [0.15, 0.2) is 0 Å². The molecular formula is C13H17NO2. The topological polar surface area (TPSA) is 63.3 Å². The first-order valence-electron chi connectivity index (χ1n) is 5.68. The van der Waals surface area contributed by atoms with Gasteiger partial charge in [0.25, 0.3) is 0 Å². The van der Waals surface area contributed by atoms with Crippen LogP contribution in [0.5, 0.6) is 0 Å². The van der Waals surface area contributed by atoms with Crippen molar-refractivity contribution in [3.63, 3.8) is 0 Å². The highest BCUT2D eigenvalue weighted by Crippen LogP contribution is 2.41. The number of benzene rings is 1. The van der Waals surface area contributed by atoms with Crippen LogP contribution in [0, 0.1) is 5.92 Å².